The van der Waals surface area contributed by atoms with Crippen LogP contribution in [-0.4, -0.2) is 15.0 Å². The third-order valence-electron chi connectivity index (χ3n) is 2.95. The van der Waals surface area contributed by atoms with E-state index in [9.17, 15) is 0 Å². The molecule has 0 spiro atoms. The van der Waals surface area contributed by atoms with Crippen molar-refractivity contribution in [2.45, 2.75) is 0 Å². The third kappa shape index (κ3) is 3.15. The zero-order valence-electron chi connectivity index (χ0n) is 11.5. The van der Waals surface area contributed by atoms with E-state index < -0.39 is 0 Å². The lowest BCUT2D eigenvalue weighted by Crippen LogP contribution is -2.05. The van der Waals surface area contributed by atoms with Gasteiger partial charge in [-0.05, 0) is 40.2 Å². The number of anilines is 5. The van der Waals surface area contributed by atoms with Gasteiger partial charge in [-0.15, -0.1) is 0 Å². The SMILES string of the molecule is Nc1c(Nc2ccncc2)ncnc1Nc1ccccc1Br. The van der Waals surface area contributed by atoms with Crippen molar-refractivity contribution >= 4 is 44.6 Å². The Morgan fingerprint density at radius 1 is 0.909 bits per heavy atom. The Hall–Kier alpha value is -2.67. The van der Waals surface area contributed by atoms with Crippen LogP contribution in [0.5, 0.6) is 0 Å². The summed E-state index contributed by atoms with van der Waals surface area (Å²) in [7, 11) is 0. The first-order valence-corrected chi connectivity index (χ1v) is 7.32. The van der Waals surface area contributed by atoms with Crippen molar-refractivity contribution in [1.29, 1.82) is 0 Å². The van der Waals surface area contributed by atoms with E-state index in [1.807, 2.05) is 36.4 Å². The lowest BCUT2D eigenvalue weighted by atomic mass is 10.3. The molecule has 0 saturated carbocycles. The number of hydrogen-bond acceptors (Lipinski definition) is 6. The summed E-state index contributed by atoms with van der Waals surface area (Å²) in [6.07, 6.45) is 4.85. The Morgan fingerprint density at radius 3 is 2.32 bits per heavy atom. The average molecular weight is 357 g/mol. The number of benzene rings is 1. The van der Waals surface area contributed by atoms with Crippen LogP contribution in [0.2, 0.25) is 0 Å². The molecule has 0 amide bonds. The Labute approximate surface area is 136 Å². The Bertz CT molecular complexity index is 778. The van der Waals surface area contributed by atoms with Crippen molar-refractivity contribution in [3.63, 3.8) is 0 Å². The van der Waals surface area contributed by atoms with Gasteiger partial charge in [0, 0.05) is 22.6 Å². The van der Waals surface area contributed by atoms with Crippen LogP contribution in [0.3, 0.4) is 0 Å². The number of nitrogens with zero attached hydrogens (tertiary/aromatic N) is 3. The summed E-state index contributed by atoms with van der Waals surface area (Å²) in [4.78, 5) is 12.3. The molecule has 3 rings (SSSR count). The molecule has 110 valence electrons. The molecule has 0 unspecified atom stereocenters. The van der Waals surface area contributed by atoms with Crippen molar-refractivity contribution in [3.8, 4) is 0 Å². The van der Waals surface area contributed by atoms with E-state index in [2.05, 4.69) is 41.5 Å². The highest BCUT2D eigenvalue weighted by atomic mass is 79.9. The molecule has 1 aromatic carbocycles. The molecule has 0 aliphatic rings. The summed E-state index contributed by atoms with van der Waals surface area (Å²) in [5.41, 5.74) is 8.32. The minimum Gasteiger partial charge on any atom is -0.393 e. The molecule has 7 heteroatoms. The number of nitrogen functional groups attached to an aromatic ring is 1. The summed E-state index contributed by atoms with van der Waals surface area (Å²) in [5, 5.41) is 6.34. The Morgan fingerprint density at radius 2 is 1.59 bits per heavy atom. The third-order valence-corrected chi connectivity index (χ3v) is 3.65. The number of pyridine rings is 1. The maximum Gasteiger partial charge on any atom is 0.159 e. The second kappa shape index (κ2) is 6.40. The first-order chi connectivity index (χ1) is 10.7. The van der Waals surface area contributed by atoms with E-state index in [-0.39, 0.29) is 0 Å². The zero-order chi connectivity index (χ0) is 15.4. The van der Waals surface area contributed by atoms with E-state index >= 15 is 0 Å². The van der Waals surface area contributed by atoms with Gasteiger partial charge < -0.3 is 16.4 Å². The number of nitrogens with one attached hydrogen (secondary N) is 2. The largest absolute Gasteiger partial charge is 0.393 e. The second-order valence-corrected chi connectivity index (χ2v) is 5.30. The first kappa shape index (κ1) is 14.3. The number of hydrogen-bond donors (Lipinski definition) is 3. The van der Waals surface area contributed by atoms with Gasteiger partial charge in [-0.25, -0.2) is 9.97 Å². The number of rotatable bonds is 4. The van der Waals surface area contributed by atoms with Gasteiger partial charge in [-0.1, -0.05) is 12.1 Å². The molecule has 22 heavy (non-hydrogen) atoms. The van der Waals surface area contributed by atoms with Crippen LogP contribution in [0.4, 0.5) is 28.7 Å². The molecular formula is C15H13BrN6. The maximum atomic E-state index is 6.15. The van der Waals surface area contributed by atoms with Crippen molar-refractivity contribution in [3.05, 3.63) is 59.6 Å². The summed E-state index contributed by atoms with van der Waals surface area (Å²) in [5.74, 6) is 1.08. The highest BCUT2D eigenvalue weighted by Crippen LogP contribution is 2.30. The molecular weight excluding hydrogens is 344 g/mol. The standard InChI is InChI=1S/C15H13BrN6/c16-11-3-1-2-4-12(11)22-15-13(17)14(19-9-20-15)21-10-5-7-18-8-6-10/h1-9H,17H2,(H2,18,19,20,21,22). The molecule has 6 nitrogen and oxygen atoms in total. The highest BCUT2D eigenvalue weighted by Gasteiger charge is 2.09. The lowest BCUT2D eigenvalue weighted by Gasteiger charge is -2.13. The van der Waals surface area contributed by atoms with Gasteiger partial charge in [-0.2, -0.15) is 0 Å². The average Bonchev–Trinajstić information content (AvgIpc) is 2.54. The summed E-state index contributed by atoms with van der Waals surface area (Å²) in [6, 6.07) is 11.4. The molecule has 3 aromatic rings. The van der Waals surface area contributed by atoms with Gasteiger partial charge in [0.1, 0.15) is 12.0 Å². The van der Waals surface area contributed by atoms with Gasteiger partial charge in [-0.3, -0.25) is 4.98 Å². The summed E-state index contributed by atoms with van der Waals surface area (Å²) < 4.78 is 0.927. The van der Waals surface area contributed by atoms with E-state index in [0.29, 0.717) is 17.3 Å². The van der Waals surface area contributed by atoms with Gasteiger partial charge in [0.15, 0.2) is 11.6 Å². The van der Waals surface area contributed by atoms with E-state index in [4.69, 9.17) is 5.73 Å². The van der Waals surface area contributed by atoms with Crippen LogP contribution in [0.1, 0.15) is 0 Å². The number of nitrogens with two attached hydrogens (primary N) is 1. The minimum absolute atomic E-state index is 0.440. The van der Waals surface area contributed by atoms with Crippen LogP contribution < -0.4 is 16.4 Å². The molecule has 0 saturated heterocycles. The van der Waals surface area contributed by atoms with E-state index in [1.54, 1.807) is 12.4 Å². The first-order valence-electron chi connectivity index (χ1n) is 6.53. The monoisotopic (exact) mass is 356 g/mol. The second-order valence-electron chi connectivity index (χ2n) is 4.45. The predicted octanol–water partition coefficient (Wildman–Crippen LogP) is 3.70. The number of halogens is 1. The fraction of sp³-hybridized carbons (Fsp3) is 0. The molecule has 0 aliphatic heterocycles. The molecule has 0 bridgehead atoms. The minimum atomic E-state index is 0.440. The van der Waals surface area contributed by atoms with Gasteiger partial charge in [0.05, 0.1) is 5.69 Å². The van der Waals surface area contributed by atoms with Gasteiger partial charge in [0.2, 0.25) is 0 Å². The lowest BCUT2D eigenvalue weighted by molar-refractivity contribution is 1.17. The summed E-state index contributed by atoms with van der Waals surface area (Å²) in [6.45, 7) is 0. The molecule has 0 radical (unpaired) electrons. The molecule has 0 atom stereocenters. The van der Waals surface area contributed by atoms with Crippen molar-refractivity contribution in [1.82, 2.24) is 15.0 Å². The highest BCUT2D eigenvalue weighted by molar-refractivity contribution is 9.10. The van der Waals surface area contributed by atoms with Crippen molar-refractivity contribution in [2.24, 2.45) is 0 Å². The smallest absolute Gasteiger partial charge is 0.159 e. The van der Waals surface area contributed by atoms with Gasteiger partial charge >= 0.3 is 0 Å². The predicted molar refractivity (Wildman–Crippen MR) is 91.4 cm³/mol. The van der Waals surface area contributed by atoms with Crippen LogP contribution in [0.25, 0.3) is 0 Å². The fourth-order valence-corrected chi connectivity index (χ4v) is 2.24. The molecule has 2 heterocycles. The van der Waals surface area contributed by atoms with Crippen LogP contribution in [-0.2, 0) is 0 Å². The number of aromatic nitrogens is 3. The molecule has 2 aromatic heterocycles. The van der Waals surface area contributed by atoms with Crippen molar-refractivity contribution in [2.75, 3.05) is 16.4 Å². The normalized spacial score (nSPS) is 10.2. The summed E-state index contributed by atoms with van der Waals surface area (Å²) >= 11 is 3.48. The molecule has 4 N–H and O–H groups in total. The Kier molecular flexibility index (Phi) is 4.15. The number of para-hydroxylation sites is 1. The van der Waals surface area contributed by atoms with Crippen LogP contribution in [0, 0.1) is 0 Å². The van der Waals surface area contributed by atoms with Crippen LogP contribution >= 0.6 is 15.9 Å². The van der Waals surface area contributed by atoms with E-state index in [0.717, 1.165) is 15.8 Å². The zero-order valence-corrected chi connectivity index (χ0v) is 13.1. The van der Waals surface area contributed by atoms with Gasteiger partial charge in [0.25, 0.3) is 0 Å². The molecule has 0 aliphatic carbocycles. The van der Waals surface area contributed by atoms with Crippen LogP contribution in [0.15, 0.2) is 59.6 Å². The Balaban J connectivity index is 1.88. The fourth-order valence-electron chi connectivity index (χ4n) is 1.86. The van der Waals surface area contributed by atoms with E-state index in [1.165, 1.54) is 6.33 Å². The van der Waals surface area contributed by atoms with Crippen molar-refractivity contribution < 1.29 is 0 Å². The molecule has 0 fully saturated rings. The topological polar surface area (TPSA) is 88.8 Å². The quantitative estimate of drug-likeness (QED) is 0.660. The maximum absolute atomic E-state index is 6.15.